The first kappa shape index (κ1) is 14.7. The number of rotatable bonds is 3. The Kier molecular flexibility index (Phi) is 4.19. The van der Waals surface area contributed by atoms with Gasteiger partial charge in [0.15, 0.2) is 0 Å². The first-order valence-corrected chi connectivity index (χ1v) is 7.65. The summed E-state index contributed by atoms with van der Waals surface area (Å²) in [6, 6.07) is 7.16. The highest BCUT2D eigenvalue weighted by molar-refractivity contribution is 9.10. The summed E-state index contributed by atoms with van der Waals surface area (Å²) < 4.78 is 0.963. The quantitative estimate of drug-likeness (QED) is 0.615. The van der Waals surface area contributed by atoms with E-state index in [0.717, 1.165) is 42.3 Å². The Hall–Kier alpha value is -2.22. The number of aromatic nitrogens is 2. The van der Waals surface area contributed by atoms with Crippen molar-refractivity contribution >= 4 is 33.3 Å². The highest BCUT2D eigenvalue weighted by Crippen LogP contribution is 2.20. The van der Waals surface area contributed by atoms with Crippen molar-refractivity contribution in [3.05, 3.63) is 51.2 Å². The summed E-state index contributed by atoms with van der Waals surface area (Å²) in [7, 11) is 0. The number of anilines is 2. The maximum atomic E-state index is 10.6. The van der Waals surface area contributed by atoms with Crippen LogP contribution in [0.1, 0.15) is 0 Å². The molecule has 22 heavy (non-hydrogen) atoms. The lowest BCUT2D eigenvalue weighted by atomic mass is 10.3. The molecule has 1 saturated heterocycles. The number of nitro groups is 1. The fraction of sp³-hybridized carbons (Fsp3) is 0.286. The van der Waals surface area contributed by atoms with Gasteiger partial charge in [-0.15, -0.1) is 0 Å². The minimum absolute atomic E-state index is 0.0152. The second kappa shape index (κ2) is 6.27. The molecule has 0 unspecified atom stereocenters. The van der Waals surface area contributed by atoms with Crippen molar-refractivity contribution in [2.75, 3.05) is 36.0 Å². The van der Waals surface area contributed by atoms with E-state index < -0.39 is 4.92 Å². The zero-order chi connectivity index (χ0) is 15.5. The normalized spacial score (nSPS) is 15.0. The summed E-state index contributed by atoms with van der Waals surface area (Å²) in [4.78, 5) is 23.1. The van der Waals surface area contributed by atoms with Gasteiger partial charge in [0, 0.05) is 42.9 Å². The molecule has 7 nitrogen and oxygen atoms in total. The van der Waals surface area contributed by atoms with Crippen LogP contribution in [0.25, 0.3) is 0 Å². The van der Waals surface area contributed by atoms with Crippen LogP contribution in [0.15, 0.2) is 41.1 Å². The van der Waals surface area contributed by atoms with Gasteiger partial charge in [-0.3, -0.25) is 10.1 Å². The van der Waals surface area contributed by atoms with Crippen LogP contribution in [-0.2, 0) is 0 Å². The van der Waals surface area contributed by atoms with E-state index in [-0.39, 0.29) is 5.69 Å². The average molecular weight is 364 g/mol. The van der Waals surface area contributed by atoms with E-state index in [4.69, 9.17) is 0 Å². The number of halogens is 1. The molecule has 3 rings (SSSR count). The molecule has 0 bridgehead atoms. The molecule has 2 aromatic heterocycles. The van der Waals surface area contributed by atoms with E-state index in [1.54, 1.807) is 12.3 Å². The number of hydrogen-bond donors (Lipinski definition) is 0. The molecule has 114 valence electrons. The van der Waals surface area contributed by atoms with E-state index in [1.165, 1.54) is 12.3 Å². The van der Waals surface area contributed by atoms with E-state index in [2.05, 4.69) is 35.7 Å². The van der Waals surface area contributed by atoms with Crippen molar-refractivity contribution in [3.63, 3.8) is 0 Å². The fourth-order valence-corrected chi connectivity index (χ4v) is 2.63. The van der Waals surface area contributed by atoms with Crippen LogP contribution in [0.5, 0.6) is 0 Å². The highest BCUT2D eigenvalue weighted by atomic mass is 79.9. The third-order valence-electron chi connectivity index (χ3n) is 3.58. The Bertz CT molecular complexity index is 654. The van der Waals surface area contributed by atoms with Crippen LogP contribution in [-0.4, -0.2) is 41.1 Å². The van der Waals surface area contributed by atoms with E-state index >= 15 is 0 Å². The summed E-state index contributed by atoms with van der Waals surface area (Å²) in [5.41, 5.74) is 0.0152. The predicted octanol–water partition coefficient (Wildman–Crippen LogP) is 2.47. The van der Waals surface area contributed by atoms with Gasteiger partial charge in [0.2, 0.25) is 0 Å². The fourth-order valence-electron chi connectivity index (χ4n) is 2.39. The van der Waals surface area contributed by atoms with Crippen molar-refractivity contribution in [3.8, 4) is 0 Å². The molecule has 0 spiro atoms. The van der Waals surface area contributed by atoms with Crippen LogP contribution >= 0.6 is 15.9 Å². The Morgan fingerprint density at radius 2 is 1.50 bits per heavy atom. The van der Waals surface area contributed by atoms with E-state index in [0.29, 0.717) is 0 Å². The van der Waals surface area contributed by atoms with Crippen LogP contribution in [0.3, 0.4) is 0 Å². The summed E-state index contributed by atoms with van der Waals surface area (Å²) in [6.45, 7) is 3.30. The Labute approximate surface area is 135 Å². The molecule has 0 saturated carbocycles. The van der Waals surface area contributed by atoms with Gasteiger partial charge in [-0.2, -0.15) is 0 Å². The molecule has 0 radical (unpaired) electrons. The van der Waals surface area contributed by atoms with Gasteiger partial charge in [0.05, 0.1) is 4.92 Å². The molecule has 8 heteroatoms. The van der Waals surface area contributed by atoms with E-state index in [9.17, 15) is 10.1 Å². The van der Waals surface area contributed by atoms with Gasteiger partial charge in [0.25, 0.3) is 5.69 Å². The largest absolute Gasteiger partial charge is 0.353 e. The molecule has 0 aliphatic carbocycles. The number of hydrogen-bond acceptors (Lipinski definition) is 6. The number of nitrogens with zero attached hydrogens (tertiary/aromatic N) is 5. The minimum Gasteiger partial charge on any atom is -0.353 e. The van der Waals surface area contributed by atoms with Gasteiger partial charge < -0.3 is 9.80 Å². The van der Waals surface area contributed by atoms with Gasteiger partial charge in [-0.1, -0.05) is 0 Å². The smallest absolute Gasteiger partial charge is 0.287 e. The second-order valence-corrected chi connectivity index (χ2v) is 5.86. The molecule has 0 amide bonds. The highest BCUT2D eigenvalue weighted by Gasteiger charge is 2.19. The van der Waals surface area contributed by atoms with Crippen LogP contribution < -0.4 is 9.80 Å². The molecule has 1 fully saturated rings. The molecule has 0 aromatic carbocycles. The summed E-state index contributed by atoms with van der Waals surface area (Å²) in [5.74, 6) is 1.73. The topological polar surface area (TPSA) is 75.4 Å². The van der Waals surface area contributed by atoms with Crippen molar-refractivity contribution < 1.29 is 4.92 Å². The maximum absolute atomic E-state index is 10.6. The lowest BCUT2D eigenvalue weighted by molar-refractivity contribution is -0.385. The summed E-state index contributed by atoms with van der Waals surface area (Å²) in [6.07, 6.45) is 3.09. The second-order valence-electron chi connectivity index (χ2n) is 4.94. The molecular formula is C14H14BrN5O2. The van der Waals surface area contributed by atoms with Gasteiger partial charge in [0.1, 0.15) is 17.8 Å². The van der Waals surface area contributed by atoms with Crippen molar-refractivity contribution in [1.29, 1.82) is 0 Å². The SMILES string of the molecule is O=[N+]([O-])c1ccc(N2CCN(c3ccc(Br)cn3)CC2)nc1. The molecule has 2 aromatic rings. The molecular weight excluding hydrogens is 350 g/mol. The number of pyridine rings is 2. The van der Waals surface area contributed by atoms with E-state index in [1.807, 2.05) is 12.1 Å². The summed E-state index contributed by atoms with van der Waals surface area (Å²) >= 11 is 3.38. The first-order chi connectivity index (χ1) is 10.6. The lowest BCUT2D eigenvalue weighted by Crippen LogP contribution is -2.47. The third kappa shape index (κ3) is 3.16. The lowest BCUT2D eigenvalue weighted by Gasteiger charge is -2.36. The zero-order valence-electron chi connectivity index (χ0n) is 11.7. The number of piperazine rings is 1. The van der Waals surface area contributed by atoms with Crippen molar-refractivity contribution in [2.45, 2.75) is 0 Å². The predicted molar refractivity (Wildman–Crippen MR) is 87.3 cm³/mol. The van der Waals surface area contributed by atoms with Crippen LogP contribution in [0.2, 0.25) is 0 Å². The zero-order valence-corrected chi connectivity index (χ0v) is 13.3. The first-order valence-electron chi connectivity index (χ1n) is 6.85. The Morgan fingerprint density at radius 3 is 1.91 bits per heavy atom. The molecule has 1 aliphatic rings. The monoisotopic (exact) mass is 363 g/mol. The van der Waals surface area contributed by atoms with Gasteiger partial charge in [-0.25, -0.2) is 9.97 Å². The standard InChI is InChI=1S/C14H14BrN5O2/c15-11-1-3-13(16-9-11)18-5-7-19(8-6-18)14-4-2-12(10-17-14)20(21)22/h1-4,9-10H,5-8H2. The molecule has 0 atom stereocenters. The molecule has 3 heterocycles. The molecule has 0 N–H and O–H groups in total. The van der Waals surface area contributed by atoms with Crippen LogP contribution in [0, 0.1) is 10.1 Å². The molecule has 1 aliphatic heterocycles. The minimum atomic E-state index is -0.437. The van der Waals surface area contributed by atoms with Gasteiger partial charge in [-0.05, 0) is 34.1 Å². The van der Waals surface area contributed by atoms with Gasteiger partial charge >= 0.3 is 0 Å². The third-order valence-corrected chi connectivity index (χ3v) is 4.05. The Morgan fingerprint density at radius 1 is 0.955 bits per heavy atom. The summed E-state index contributed by atoms with van der Waals surface area (Å²) in [5, 5.41) is 10.6. The average Bonchev–Trinajstić information content (AvgIpc) is 2.56. The van der Waals surface area contributed by atoms with Crippen molar-refractivity contribution in [2.24, 2.45) is 0 Å². The Balaban J connectivity index is 1.63. The maximum Gasteiger partial charge on any atom is 0.287 e. The van der Waals surface area contributed by atoms with Crippen LogP contribution in [0.4, 0.5) is 17.3 Å². The van der Waals surface area contributed by atoms with Crippen molar-refractivity contribution in [1.82, 2.24) is 9.97 Å².